The first-order valence-electron chi connectivity index (χ1n) is 15.2. The smallest absolute Gasteiger partial charge is 0.303 e. The predicted octanol–water partition coefficient (Wildman–Crippen LogP) is 6.93. The van der Waals surface area contributed by atoms with Gasteiger partial charge in [0, 0.05) is 12.4 Å². The number of hydrogen-bond acceptors (Lipinski definition) is 3. The highest BCUT2D eigenvalue weighted by Crippen LogP contribution is 2.67. The van der Waals surface area contributed by atoms with E-state index in [1.165, 1.54) is 32.6 Å². The lowest BCUT2D eigenvalue weighted by Crippen LogP contribution is -2.54. The number of rotatable bonds is 6. The van der Waals surface area contributed by atoms with Crippen LogP contribution in [0, 0.1) is 46.3 Å². The number of aliphatic hydroxyl groups is 1. The Kier molecular flexibility index (Phi) is 5.53. The van der Waals surface area contributed by atoms with E-state index < -0.39 is 25.0 Å². The third kappa shape index (κ3) is 4.10. The molecule has 4 aliphatic rings. The molecule has 1 N–H and O–H groups in total. The van der Waals surface area contributed by atoms with Crippen LogP contribution in [0.1, 0.15) is 111 Å². The van der Waals surface area contributed by atoms with Gasteiger partial charge in [-0.05, 0) is 96.8 Å². The summed E-state index contributed by atoms with van der Waals surface area (Å²) in [7, 11) is 0. The van der Waals surface area contributed by atoms with Gasteiger partial charge < -0.3 is 9.84 Å². The molecule has 4 rings (SSSR count). The highest BCUT2D eigenvalue weighted by atomic mass is 16.6. The van der Waals surface area contributed by atoms with E-state index in [0.717, 1.165) is 31.3 Å². The molecular weight excluding hydrogens is 396 g/mol. The van der Waals surface area contributed by atoms with E-state index in [-0.39, 0.29) is 11.4 Å². The number of carbonyl (C=O) groups excluding carboxylic acids is 1. The van der Waals surface area contributed by atoms with Crippen molar-refractivity contribution in [3.05, 3.63) is 11.6 Å². The molecule has 0 spiro atoms. The number of hydrogen-bond donors (Lipinski definition) is 1. The lowest BCUT2D eigenvalue weighted by molar-refractivity contribution is -0.155. The summed E-state index contributed by atoms with van der Waals surface area (Å²) in [4.78, 5) is 11.8. The summed E-state index contributed by atoms with van der Waals surface area (Å²) in [6.45, 7) is 8.00. The molecule has 3 fully saturated rings. The maximum absolute atomic E-state index is 11.8. The van der Waals surface area contributed by atoms with Gasteiger partial charge in [-0.2, -0.15) is 0 Å². The van der Waals surface area contributed by atoms with Gasteiger partial charge in [0.1, 0.15) is 6.10 Å². The van der Waals surface area contributed by atoms with E-state index in [2.05, 4.69) is 26.8 Å². The Hall–Kier alpha value is -0.830. The molecule has 4 aliphatic carbocycles. The van der Waals surface area contributed by atoms with Crippen LogP contribution in [0.5, 0.6) is 0 Å². The van der Waals surface area contributed by atoms with Gasteiger partial charge in [-0.1, -0.05) is 59.9 Å². The quantitative estimate of drug-likeness (QED) is 0.354. The summed E-state index contributed by atoms with van der Waals surface area (Å²) < 4.78 is 36.9. The number of fused-ring (bicyclic) bond motifs is 5. The minimum absolute atomic E-state index is 0.0127. The number of esters is 1. The highest BCUT2D eigenvalue weighted by Gasteiger charge is 2.60. The molecule has 3 heteroatoms. The molecule has 0 aromatic heterocycles. The fraction of sp³-hybridized carbons (Fsp3) is 0.897. The second-order valence-electron chi connectivity index (χ2n) is 12.2. The van der Waals surface area contributed by atoms with E-state index in [1.54, 1.807) is 6.92 Å². The Labute approximate surface area is 202 Å². The van der Waals surface area contributed by atoms with Crippen molar-refractivity contribution in [2.45, 2.75) is 118 Å². The molecule has 0 aromatic rings. The molecule has 10 atom stereocenters. The topological polar surface area (TPSA) is 46.5 Å². The molecule has 3 nitrogen and oxygen atoms in total. The predicted molar refractivity (Wildman–Crippen MR) is 130 cm³/mol. The average molecular weight is 449 g/mol. The molecule has 0 aliphatic heterocycles. The van der Waals surface area contributed by atoms with Crippen molar-refractivity contribution in [3.8, 4) is 0 Å². The average Bonchev–Trinajstić information content (AvgIpc) is 3.12. The van der Waals surface area contributed by atoms with Gasteiger partial charge in [0.25, 0.3) is 0 Å². The van der Waals surface area contributed by atoms with Gasteiger partial charge in [-0.25, -0.2) is 0 Å². The van der Waals surface area contributed by atoms with Crippen LogP contribution < -0.4 is 0 Å². The largest absolute Gasteiger partial charge is 0.455 e. The van der Waals surface area contributed by atoms with E-state index >= 15 is 0 Å². The van der Waals surface area contributed by atoms with Crippen LogP contribution in [0.3, 0.4) is 0 Å². The molecule has 32 heavy (non-hydrogen) atoms. The molecule has 0 aromatic carbocycles. The Morgan fingerprint density at radius 1 is 1.22 bits per heavy atom. The maximum atomic E-state index is 11.8. The minimum atomic E-state index is -2.23. The zero-order chi connectivity index (χ0) is 26.7. The Bertz CT molecular complexity index is 867. The van der Waals surface area contributed by atoms with Gasteiger partial charge in [0.2, 0.25) is 0 Å². The summed E-state index contributed by atoms with van der Waals surface area (Å²) >= 11 is 0. The molecule has 0 radical (unpaired) electrons. The van der Waals surface area contributed by atoms with Gasteiger partial charge in [-0.15, -0.1) is 0 Å². The van der Waals surface area contributed by atoms with E-state index in [9.17, 15) is 9.90 Å². The Morgan fingerprint density at radius 2 is 2.00 bits per heavy atom. The lowest BCUT2D eigenvalue weighted by Gasteiger charge is -2.59. The molecule has 0 amide bonds. The highest BCUT2D eigenvalue weighted by molar-refractivity contribution is 5.66. The Morgan fingerprint density at radius 3 is 2.72 bits per heavy atom. The maximum Gasteiger partial charge on any atom is 0.303 e. The van der Waals surface area contributed by atoms with Crippen molar-refractivity contribution >= 4 is 5.97 Å². The van der Waals surface area contributed by atoms with Crippen LogP contribution in [0.15, 0.2) is 11.6 Å². The molecule has 0 saturated heterocycles. The fourth-order valence-electron chi connectivity index (χ4n) is 8.88. The monoisotopic (exact) mass is 448 g/mol. The minimum Gasteiger partial charge on any atom is -0.455 e. The first kappa shape index (κ1) is 19.5. The standard InChI is InChI=1S/C29H48O3/c1-18(2)8-7-9-19(3)22-12-13-23-21-10-11-25-27(32-20(4)30)26(31)15-17-29(25,6)24(21)14-16-28(22,23)5/h11,18-19,21-24,26-27,31H,7-10,12-17H2,1-6H3/t19-,21+,22-,23+,24+,26+,27-,28-,29-/m1/s1/i1D3,18D/t18?,19-,21+,22-,23+,24+,26+,27-,28-,29-. The van der Waals surface area contributed by atoms with Crippen molar-refractivity contribution in [1.82, 2.24) is 0 Å². The molecule has 1 unspecified atom stereocenters. The summed E-state index contributed by atoms with van der Waals surface area (Å²) in [5.74, 6) is 1.38. The number of allylic oxidation sites excluding steroid dienone is 1. The molecular formula is C29H48O3. The SMILES string of the molecule is [2H]C([2H])([2H])C([2H])(C)CCC[C@@H](C)[C@H]1CC[C@H]2[C@@H]3CC=C4[C@@H](OC(C)=O)[C@@H](O)CC[C@]4(C)[C@H]3CC[C@]12C. The van der Waals surface area contributed by atoms with Crippen molar-refractivity contribution in [3.63, 3.8) is 0 Å². The summed E-state index contributed by atoms with van der Waals surface area (Å²) in [6.07, 6.45) is 11.0. The second-order valence-corrected chi connectivity index (χ2v) is 12.2. The van der Waals surface area contributed by atoms with Gasteiger partial charge in [0.05, 0.1) is 6.10 Å². The molecule has 0 heterocycles. The first-order chi connectivity index (χ1) is 16.6. The van der Waals surface area contributed by atoms with Crippen LogP contribution in [0.25, 0.3) is 0 Å². The number of carbonyl (C=O) groups is 1. The van der Waals surface area contributed by atoms with E-state index in [1.807, 2.05) is 0 Å². The third-order valence-electron chi connectivity index (χ3n) is 10.4. The number of aliphatic hydroxyl groups excluding tert-OH is 1. The summed E-state index contributed by atoms with van der Waals surface area (Å²) in [5, 5.41) is 10.7. The second kappa shape index (κ2) is 9.08. The van der Waals surface area contributed by atoms with Crippen molar-refractivity contribution in [2.24, 2.45) is 46.3 Å². The third-order valence-corrected chi connectivity index (χ3v) is 10.4. The summed E-state index contributed by atoms with van der Waals surface area (Å²) in [5.41, 5.74) is 1.46. The molecule has 182 valence electrons. The van der Waals surface area contributed by atoms with E-state index in [4.69, 9.17) is 10.2 Å². The van der Waals surface area contributed by atoms with Gasteiger partial charge in [-0.3, -0.25) is 4.79 Å². The Balaban J connectivity index is 1.47. The summed E-state index contributed by atoms with van der Waals surface area (Å²) in [6, 6.07) is 0. The van der Waals surface area contributed by atoms with Crippen LogP contribution >= 0.6 is 0 Å². The zero-order valence-electron chi connectivity index (χ0n) is 25.0. The lowest BCUT2D eigenvalue weighted by atomic mass is 9.46. The van der Waals surface area contributed by atoms with Crippen LogP contribution in [-0.2, 0) is 9.53 Å². The molecule has 3 saturated carbocycles. The van der Waals surface area contributed by atoms with Gasteiger partial charge >= 0.3 is 5.97 Å². The van der Waals surface area contributed by atoms with Crippen LogP contribution in [0.2, 0.25) is 0 Å². The fourth-order valence-corrected chi connectivity index (χ4v) is 8.88. The van der Waals surface area contributed by atoms with Crippen molar-refractivity contribution < 1.29 is 20.1 Å². The normalized spacial score (nSPS) is 48.4. The zero-order valence-corrected chi connectivity index (χ0v) is 21.0. The van der Waals surface area contributed by atoms with Crippen LogP contribution in [0.4, 0.5) is 0 Å². The van der Waals surface area contributed by atoms with Crippen LogP contribution in [-0.4, -0.2) is 23.3 Å². The van der Waals surface area contributed by atoms with Crippen molar-refractivity contribution in [1.29, 1.82) is 0 Å². The van der Waals surface area contributed by atoms with Crippen molar-refractivity contribution in [2.75, 3.05) is 0 Å². The number of ether oxygens (including phenoxy) is 1. The van der Waals surface area contributed by atoms with Gasteiger partial charge in [0.15, 0.2) is 0 Å². The molecule has 0 bridgehead atoms. The first-order valence-corrected chi connectivity index (χ1v) is 13.2. The van der Waals surface area contributed by atoms with E-state index in [0.29, 0.717) is 47.8 Å².